The molecular weight excluding hydrogens is 767 g/mol. The Morgan fingerprint density at radius 2 is 0.806 bits per heavy atom. The summed E-state index contributed by atoms with van der Waals surface area (Å²) in [7, 11) is 0. The lowest BCUT2D eigenvalue weighted by atomic mass is 10.0. The molecule has 0 aliphatic rings. The zero-order chi connectivity index (χ0) is 45.2. The number of hydrogen-bond acceptors (Lipinski definition) is 5. The van der Waals surface area contributed by atoms with Gasteiger partial charge < -0.3 is 20.3 Å². The molecule has 6 nitrogen and oxygen atoms in total. The van der Waals surface area contributed by atoms with Crippen molar-refractivity contribution in [3.05, 3.63) is 24.3 Å². The van der Waals surface area contributed by atoms with Crippen LogP contribution in [0.5, 0.6) is 0 Å². The predicted molar refractivity (Wildman–Crippen MR) is 269 cm³/mol. The summed E-state index contributed by atoms with van der Waals surface area (Å²) in [6.45, 7) is 6.45. The molecule has 0 aliphatic carbocycles. The van der Waals surface area contributed by atoms with Crippen molar-refractivity contribution < 1.29 is 24.5 Å². The van der Waals surface area contributed by atoms with Gasteiger partial charge in [0.2, 0.25) is 5.91 Å². The number of rotatable bonds is 50. The molecule has 0 rings (SSSR count). The Hall–Kier alpha value is -1.66. The van der Waals surface area contributed by atoms with Crippen LogP contribution in [0.1, 0.15) is 297 Å². The zero-order valence-corrected chi connectivity index (χ0v) is 41.8. The number of nitrogens with one attached hydrogen (secondary N) is 1. The molecule has 0 aromatic heterocycles. The van der Waals surface area contributed by atoms with Gasteiger partial charge in [-0.1, -0.05) is 238 Å². The monoisotopic (exact) mass is 874 g/mol. The number of allylic oxidation sites excluding steroid dienone is 4. The van der Waals surface area contributed by atoms with Crippen molar-refractivity contribution in [2.75, 3.05) is 6.61 Å². The lowest BCUT2D eigenvalue weighted by Crippen LogP contribution is -2.46. The van der Waals surface area contributed by atoms with E-state index in [-0.39, 0.29) is 24.9 Å². The van der Waals surface area contributed by atoms with Gasteiger partial charge >= 0.3 is 5.97 Å². The number of aliphatic hydroxyl groups is 2. The highest BCUT2D eigenvalue weighted by Gasteiger charge is 2.24. The summed E-state index contributed by atoms with van der Waals surface area (Å²) in [4.78, 5) is 26.1. The minimum Gasteiger partial charge on any atom is -0.462 e. The molecule has 3 atom stereocenters. The van der Waals surface area contributed by atoms with Crippen molar-refractivity contribution in [2.24, 2.45) is 0 Å². The second-order valence-electron chi connectivity index (χ2n) is 19.0. The molecule has 0 radical (unpaired) electrons. The third-order valence-corrected chi connectivity index (χ3v) is 12.7. The largest absolute Gasteiger partial charge is 0.462 e. The number of hydrogen-bond donors (Lipinski definition) is 3. The van der Waals surface area contributed by atoms with Crippen molar-refractivity contribution in [1.29, 1.82) is 0 Å². The maximum absolute atomic E-state index is 13.2. The number of amides is 1. The van der Waals surface area contributed by atoms with E-state index in [1.54, 1.807) is 0 Å². The van der Waals surface area contributed by atoms with Crippen LogP contribution in [0.2, 0.25) is 0 Å². The number of ether oxygens (including phenoxy) is 1. The molecule has 62 heavy (non-hydrogen) atoms. The van der Waals surface area contributed by atoms with Gasteiger partial charge in [0.15, 0.2) is 0 Å². The van der Waals surface area contributed by atoms with Crippen LogP contribution >= 0.6 is 0 Å². The van der Waals surface area contributed by atoms with E-state index in [0.717, 1.165) is 70.6 Å². The van der Waals surface area contributed by atoms with Crippen LogP contribution in [-0.4, -0.2) is 46.9 Å². The van der Waals surface area contributed by atoms with Crippen LogP contribution in [-0.2, 0) is 14.3 Å². The van der Waals surface area contributed by atoms with Crippen molar-refractivity contribution in [1.82, 2.24) is 5.32 Å². The Morgan fingerprint density at radius 3 is 1.23 bits per heavy atom. The highest BCUT2D eigenvalue weighted by atomic mass is 16.5. The first kappa shape index (κ1) is 60.3. The molecule has 0 saturated carbocycles. The number of unbranched alkanes of at least 4 members (excludes halogenated alkanes) is 34. The van der Waals surface area contributed by atoms with Crippen LogP contribution < -0.4 is 5.32 Å². The van der Waals surface area contributed by atoms with Crippen molar-refractivity contribution in [2.45, 2.75) is 315 Å². The minimum atomic E-state index is -0.790. The summed E-state index contributed by atoms with van der Waals surface area (Å²) in [5, 5.41) is 23.8. The van der Waals surface area contributed by atoms with Crippen LogP contribution in [0.15, 0.2) is 24.3 Å². The van der Waals surface area contributed by atoms with Gasteiger partial charge in [-0.3, -0.25) is 9.59 Å². The summed E-state index contributed by atoms with van der Waals surface area (Å²) < 4.78 is 5.92. The molecule has 3 N–H and O–H groups in total. The molecule has 3 unspecified atom stereocenters. The van der Waals surface area contributed by atoms with Crippen LogP contribution in [0, 0.1) is 0 Å². The SMILES string of the molecule is CCC/C=C\CCCCCCCC(=O)OC(CCCCC/C=C/CCCCCCCCCCC)CC(=O)NC(CO)C(O)CCCCCCCCCCCCCCCCCCC. The molecule has 366 valence electrons. The summed E-state index contributed by atoms with van der Waals surface area (Å²) in [5.41, 5.74) is 0. The van der Waals surface area contributed by atoms with Gasteiger partial charge in [0.05, 0.1) is 25.2 Å². The van der Waals surface area contributed by atoms with Gasteiger partial charge in [-0.2, -0.15) is 0 Å². The zero-order valence-electron chi connectivity index (χ0n) is 41.8. The van der Waals surface area contributed by atoms with E-state index in [1.165, 1.54) is 180 Å². The van der Waals surface area contributed by atoms with Crippen molar-refractivity contribution in [3.8, 4) is 0 Å². The fourth-order valence-electron chi connectivity index (χ4n) is 8.55. The first-order valence-corrected chi connectivity index (χ1v) is 27.6. The van der Waals surface area contributed by atoms with Gasteiger partial charge in [0, 0.05) is 6.42 Å². The topological polar surface area (TPSA) is 95.9 Å². The standard InChI is InChI=1S/C56H107NO5/c1-4-7-10-13-16-19-22-24-26-28-30-32-34-36-39-42-45-48-54(59)53(51-58)57-55(60)50-52(62-56(61)49-46-43-40-37-21-18-15-12-9-6-3)47-44-41-38-35-33-31-29-27-25-23-20-17-14-11-8-5-2/h12,15,31,33,52-54,58-59H,4-11,13-14,16-30,32,34-51H2,1-3H3,(H,57,60)/b15-12-,33-31+. The van der Waals surface area contributed by atoms with Gasteiger partial charge in [0.25, 0.3) is 0 Å². The maximum Gasteiger partial charge on any atom is 0.306 e. The number of esters is 1. The molecule has 6 heteroatoms. The van der Waals surface area contributed by atoms with Gasteiger partial charge in [-0.05, 0) is 70.6 Å². The van der Waals surface area contributed by atoms with Gasteiger partial charge in [-0.25, -0.2) is 0 Å². The molecular formula is C56H107NO5. The molecule has 0 aromatic carbocycles. The molecule has 0 aliphatic heterocycles. The Labute approximate surface area is 386 Å². The van der Waals surface area contributed by atoms with Gasteiger partial charge in [0.1, 0.15) is 6.10 Å². The number of aliphatic hydroxyl groups excluding tert-OH is 2. The van der Waals surface area contributed by atoms with Crippen LogP contribution in [0.3, 0.4) is 0 Å². The number of carbonyl (C=O) groups excluding carboxylic acids is 2. The Kier molecular flexibility index (Phi) is 49.0. The minimum absolute atomic E-state index is 0.0677. The van der Waals surface area contributed by atoms with Crippen LogP contribution in [0.25, 0.3) is 0 Å². The third kappa shape index (κ3) is 44.9. The first-order chi connectivity index (χ1) is 30.5. The smallest absolute Gasteiger partial charge is 0.306 e. The van der Waals surface area contributed by atoms with E-state index < -0.39 is 18.2 Å². The fourth-order valence-corrected chi connectivity index (χ4v) is 8.55. The summed E-state index contributed by atoms with van der Waals surface area (Å²) in [6.07, 6.45) is 58.2. The van der Waals surface area contributed by atoms with E-state index in [0.29, 0.717) is 19.3 Å². The van der Waals surface area contributed by atoms with E-state index >= 15 is 0 Å². The quantitative estimate of drug-likeness (QED) is 0.0321. The third-order valence-electron chi connectivity index (χ3n) is 12.7. The van der Waals surface area contributed by atoms with Crippen LogP contribution in [0.4, 0.5) is 0 Å². The Morgan fingerprint density at radius 1 is 0.452 bits per heavy atom. The number of carbonyl (C=O) groups is 2. The summed E-state index contributed by atoms with van der Waals surface area (Å²) in [5.74, 6) is -0.488. The van der Waals surface area contributed by atoms with Crippen molar-refractivity contribution in [3.63, 3.8) is 0 Å². The molecule has 0 spiro atoms. The molecule has 0 aromatic rings. The molecule has 1 amide bonds. The second-order valence-corrected chi connectivity index (χ2v) is 19.0. The highest BCUT2D eigenvalue weighted by molar-refractivity contribution is 5.77. The van der Waals surface area contributed by atoms with Crippen molar-refractivity contribution >= 4 is 11.9 Å². The fraction of sp³-hybridized carbons (Fsp3) is 0.893. The Bertz CT molecular complexity index is 981. The maximum atomic E-state index is 13.2. The lowest BCUT2D eigenvalue weighted by molar-refractivity contribution is -0.151. The molecule has 0 fully saturated rings. The first-order valence-electron chi connectivity index (χ1n) is 27.6. The summed E-state index contributed by atoms with van der Waals surface area (Å²) in [6, 6.07) is -0.704. The highest BCUT2D eigenvalue weighted by Crippen LogP contribution is 2.18. The van der Waals surface area contributed by atoms with E-state index in [4.69, 9.17) is 4.74 Å². The molecule has 0 bridgehead atoms. The lowest BCUT2D eigenvalue weighted by Gasteiger charge is -2.24. The van der Waals surface area contributed by atoms with E-state index in [9.17, 15) is 19.8 Å². The summed E-state index contributed by atoms with van der Waals surface area (Å²) >= 11 is 0. The normalized spacial score (nSPS) is 13.3. The average molecular weight is 874 g/mol. The second kappa shape index (κ2) is 50.3. The van der Waals surface area contributed by atoms with E-state index in [1.807, 2.05) is 0 Å². The Balaban J connectivity index is 4.49. The molecule has 0 saturated heterocycles. The molecule has 0 heterocycles. The van der Waals surface area contributed by atoms with Gasteiger partial charge in [-0.15, -0.1) is 0 Å². The average Bonchev–Trinajstić information content (AvgIpc) is 3.26. The predicted octanol–water partition coefficient (Wildman–Crippen LogP) is 16.7. The van der Waals surface area contributed by atoms with E-state index in [2.05, 4.69) is 50.4 Å².